The Balaban J connectivity index is 2.00. The van der Waals surface area contributed by atoms with Crippen molar-refractivity contribution in [2.45, 2.75) is 25.7 Å². The smallest absolute Gasteiger partial charge is 0.139 e. The highest BCUT2D eigenvalue weighted by atomic mass is 16.1. The summed E-state index contributed by atoms with van der Waals surface area (Å²) in [4.78, 5) is 11.3. The van der Waals surface area contributed by atoms with Crippen molar-refractivity contribution in [3.8, 4) is 0 Å². The second kappa shape index (κ2) is 1.46. The van der Waals surface area contributed by atoms with Crippen LogP contribution in [0, 0.1) is 23.7 Å². The summed E-state index contributed by atoms with van der Waals surface area (Å²) in [6.45, 7) is 0. The Morgan fingerprint density at radius 1 is 1.00 bits per heavy atom. The minimum absolute atomic E-state index is 0.539. The quantitative estimate of drug-likeness (QED) is 0.494. The van der Waals surface area contributed by atoms with Gasteiger partial charge in [0.1, 0.15) is 5.78 Å². The fourth-order valence-corrected chi connectivity index (χ4v) is 3.46. The molecule has 0 N–H and O–H groups in total. The number of carbonyl (C=O) groups excluding carboxylic acids is 1. The summed E-state index contributed by atoms with van der Waals surface area (Å²) in [6.07, 6.45) is 5.17. The molecular weight excluding hydrogens is 124 g/mol. The molecule has 0 bridgehead atoms. The van der Waals surface area contributed by atoms with Crippen LogP contribution < -0.4 is 0 Å². The van der Waals surface area contributed by atoms with Crippen LogP contribution in [-0.2, 0) is 4.79 Å². The Hall–Kier alpha value is -0.330. The van der Waals surface area contributed by atoms with Crippen LogP contribution in [0.3, 0.4) is 0 Å². The van der Waals surface area contributed by atoms with Crippen LogP contribution >= 0.6 is 0 Å². The second-order valence-corrected chi connectivity index (χ2v) is 4.11. The lowest BCUT2D eigenvalue weighted by molar-refractivity contribution is -0.139. The molecule has 0 aliphatic heterocycles. The third-order valence-electron chi connectivity index (χ3n) is 3.90. The molecule has 0 radical (unpaired) electrons. The zero-order chi connectivity index (χ0) is 6.72. The van der Waals surface area contributed by atoms with Gasteiger partial charge in [-0.15, -0.1) is 0 Å². The average molecular weight is 136 g/mol. The van der Waals surface area contributed by atoms with E-state index in [2.05, 4.69) is 0 Å². The van der Waals surface area contributed by atoms with Gasteiger partial charge in [0, 0.05) is 11.8 Å². The normalized spacial score (nSPS) is 56.6. The molecule has 3 fully saturated rings. The van der Waals surface area contributed by atoms with Crippen LogP contribution in [0.25, 0.3) is 0 Å². The summed E-state index contributed by atoms with van der Waals surface area (Å²) in [5, 5.41) is 0. The van der Waals surface area contributed by atoms with Gasteiger partial charge in [0.15, 0.2) is 0 Å². The lowest BCUT2D eigenvalue weighted by atomic mass is 9.66. The van der Waals surface area contributed by atoms with Crippen molar-refractivity contribution in [3.05, 3.63) is 0 Å². The number of hydrogen-bond acceptors (Lipinski definition) is 1. The predicted molar refractivity (Wildman–Crippen MR) is 37.4 cm³/mol. The number of carbonyl (C=O) groups is 1. The number of Topliss-reactive ketones (excluding diaryl/α,β-unsaturated/α-hetero) is 1. The van der Waals surface area contributed by atoms with Crippen molar-refractivity contribution < 1.29 is 4.79 Å². The van der Waals surface area contributed by atoms with E-state index in [0.717, 1.165) is 11.8 Å². The zero-order valence-corrected chi connectivity index (χ0v) is 6.05. The van der Waals surface area contributed by atoms with E-state index in [1.54, 1.807) is 0 Å². The first-order valence-corrected chi connectivity index (χ1v) is 4.41. The largest absolute Gasteiger partial charge is 0.299 e. The molecular formula is C9H12O. The zero-order valence-electron chi connectivity index (χ0n) is 6.05. The van der Waals surface area contributed by atoms with Crippen molar-refractivity contribution in [2.24, 2.45) is 23.7 Å². The van der Waals surface area contributed by atoms with Crippen LogP contribution in [0.4, 0.5) is 0 Å². The minimum atomic E-state index is 0.539. The molecule has 10 heavy (non-hydrogen) atoms. The van der Waals surface area contributed by atoms with E-state index < -0.39 is 0 Å². The molecule has 54 valence electrons. The van der Waals surface area contributed by atoms with E-state index >= 15 is 0 Å². The van der Waals surface area contributed by atoms with Gasteiger partial charge in [-0.2, -0.15) is 0 Å². The van der Waals surface area contributed by atoms with E-state index in [4.69, 9.17) is 0 Å². The summed E-state index contributed by atoms with van der Waals surface area (Å²) in [6, 6.07) is 0. The third kappa shape index (κ3) is 0.388. The van der Waals surface area contributed by atoms with Crippen molar-refractivity contribution in [2.75, 3.05) is 0 Å². The molecule has 3 rings (SSSR count). The Morgan fingerprint density at radius 2 is 1.60 bits per heavy atom. The molecule has 0 amide bonds. The molecule has 0 aromatic rings. The van der Waals surface area contributed by atoms with Crippen LogP contribution in [0.15, 0.2) is 0 Å². The molecule has 0 spiro atoms. The second-order valence-electron chi connectivity index (χ2n) is 4.11. The lowest BCUT2D eigenvalue weighted by Crippen LogP contribution is -2.42. The fourth-order valence-electron chi connectivity index (χ4n) is 3.46. The molecule has 3 aliphatic carbocycles. The first-order chi connectivity index (χ1) is 4.88. The van der Waals surface area contributed by atoms with Crippen molar-refractivity contribution in [1.82, 2.24) is 0 Å². The van der Waals surface area contributed by atoms with Gasteiger partial charge >= 0.3 is 0 Å². The fraction of sp³-hybridized carbons (Fsp3) is 0.889. The highest BCUT2D eigenvalue weighted by Crippen LogP contribution is 2.59. The molecule has 1 nitrogen and oxygen atoms in total. The Labute approximate surface area is 60.8 Å². The Morgan fingerprint density at radius 3 is 2.20 bits per heavy atom. The SMILES string of the molecule is O=C1C2CCC3CCC1C32. The van der Waals surface area contributed by atoms with Crippen LogP contribution in [0.5, 0.6) is 0 Å². The van der Waals surface area contributed by atoms with E-state index in [9.17, 15) is 4.79 Å². The molecule has 3 saturated carbocycles. The van der Waals surface area contributed by atoms with Gasteiger partial charge in [-0.1, -0.05) is 0 Å². The minimum Gasteiger partial charge on any atom is -0.299 e. The van der Waals surface area contributed by atoms with Crippen molar-refractivity contribution >= 4 is 5.78 Å². The maximum atomic E-state index is 11.3. The molecule has 0 heterocycles. The summed E-state index contributed by atoms with van der Waals surface area (Å²) in [7, 11) is 0. The number of ketones is 1. The summed E-state index contributed by atoms with van der Waals surface area (Å²) in [5.74, 6) is 3.53. The molecule has 2 atom stereocenters. The number of rotatable bonds is 0. The molecule has 0 aromatic carbocycles. The summed E-state index contributed by atoms with van der Waals surface area (Å²) >= 11 is 0. The van der Waals surface area contributed by atoms with Gasteiger partial charge in [-0.25, -0.2) is 0 Å². The highest BCUT2D eigenvalue weighted by Gasteiger charge is 2.58. The molecule has 0 aromatic heterocycles. The van der Waals surface area contributed by atoms with Crippen LogP contribution in [0.2, 0.25) is 0 Å². The van der Waals surface area contributed by atoms with Crippen molar-refractivity contribution in [1.29, 1.82) is 0 Å². The molecule has 2 unspecified atom stereocenters. The van der Waals surface area contributed by atoms with Gasteiger partial charge in [0.05, 0.1) is 0 Å². The van der Waals surface area contributed by atoms with E-state index in [1.807, 2.05) is 0 Å². The van der Waals surface area contributed by atoms with Gasteiger partial charge in [-0.05, 0) is 37.5 Å². The maximum Gasteiger partial charge on any atom is 0.139 e. The summed E-state index contributed by atoms with van der Waals surface area (Å²) in [5.41, 5.74) is 0. The topological polar surface area (TPSA) is 17.1 Å². The third-order valence-corrected chi connectivity index (χ3v) is 3.90. The first kappa shape index (κ1) is 5.34. The molecule has 1 heteroatoms. The predicted octanol–water partition coefficient (Wildman–Crippen LogP) is 1.62. The van der Waals surface area contributed by atoms with E-state index in [1.165, 1.54) is 25.7 Å². The highest BCUT2D eigenvalue weighted by molar-refractivity contribution is 5.91. The maximum absolute atomic E-state index is 11.3. The van der Waals surface area contributed by atoms with Gasteiger partial charge < -0.3 is 0 Å². The van der Waals surface area contributed by atoms with Gasteiger partial charge in [-0.3, -0.25) is 4.79 Å². The standard InChI is InChI=1S/C9H12O/c10-9-6-3-1-5-2-4-7(9)8(5)6/h5-8H,1-4H2. The average Bonchev–Trinajstić information content (AvgIpc) is 2.37. The van der Waals surface area contributed by atoms with Gasteiger partial charge in [0.25, 0.3) is 0 Å². The van der Waals surface area contributed by atoms with Crippen LogP contribution in [-0.4, -0.2) is 5.78 Å². The van der Waals surface area contributed by atoms with E-state index in [-0.39, 0.29) is 0 Å². The lowest BCUT2D eigenvalue weighted by Gasteiger charge is -2.35. The molecule has 3 aliphatic rings. The van der Waals surface area contributed by atoms with Crippen LogP contribution in [0.1, 0.15) is 25.7 Å². The monoisotopic (exact) mass is 136 g/mol. The Kier molecular flexibility index (Phi) is 0.781. The molecule has 0 saturated heterocycles. The Bertz CT molecular complexity index is 179. The summed E-state index contributed by atoms with van der Waals surface area (Å²) < 4.78 is 0. The van der Waals surface area contributed by atoms with E-state index in [0.29, 0.717) is 17.6 Å². The van der Waals surface area contributed by atoms with Gasteiger partial charge in [0.2, 0.25) is 0 Å². The van der Waals surface area contributed by atoms with Crippen molar-refractivity contribution in [3.63, 3.8) is 0 Å². The first-order valence-electron chi connectivity index (χ1n) is 4.41. The number of hydrogen-bond donors (Lipinski definition) is 0.